The van der Waals surface area contributed by atoms with Gasteiger partial charge in [0.15, 0.2) is 0 Å². The van der Waals surface area contributed by atoms with Gasteiger partial charge >= 0.3 is 0 Å². The van der Waals surface area contributed by atoms with Crippen molar-refractivity contribution in [3.05, 3.63) is 29.8 Å². The maximum Gasteiger partial charge on any atom is 0.224 e. The molecule has 0 heterocycles. The summed E-state index contributed by atoms with van der Waals surface area (Å²) >= 11 is 0. The summed E-state index contributed by atoms with van der Waals surface area (Å²) in [4.78, 5) is 11.6. The van der Waals surface area contributed by atoms with Gasteiger partial charge in [-0.15, -0.1) is 0 Å². The van der Waals surface area contributed by atoms with E-state index in [2.05, 4.69) is 5.32 Å². The second kappa shape index (κ2) is 4.80. The van der Waals surface area contributed by atoms with Gasteiger partial charge in [0.1, 0.15) is 0 Å². The van der Waals surface area contributed by atoms with E-state index in [1.54, 1.807) is 24.3 Å². The summed E-state index contributed by atoms with van der Waals surface area (Å²) in [7, 11) is 0. The number of benzene rings is 1. The number of nitriles is 1. The van der Waals surface area contributed by atoms with Gasteiger partial charge in [0.2, 0.25) is 5.91 Å². The number of amides is 1. The fourth-order valence-electron chi connectivity index (χ4n) is 1.35. The summed E-state index contributed by atoms with van der Waals surface area (Å²) in [5.74, 6) is -0.0254. The van der Waals surface area contributed by atoms with Crippen molar-refractivity contribution in [2.24, 2.45) is 5.41 Å². The molecule has 0 fully saturated rings. The largest absolute Gasteiger partial charge is 0.326 e. The minimum absolute atomic E-state index is 0.0254. The summed E-state index contributed by atoms with van der Waals surface area (Å²) < 4.78 is 0. The van der Waals surface area contributed by atoms with Gasteiger partial charge in [0, 0.05) is 12.1 Å². The lowest BCUT2D eigenvalue weighted by Gasteiger charge is -2.17. The highest BCUT2D eigenvalue weighted by atomic mass is 16.1. The van der Waals surface area contributed by atoms with Gasteiger partial charge in [-0.05, 0) is 23.6 Å². The van der Waals surface area contributed by atoms with E-state index in [9.17, 15) is 4.79 Å². The molecular formula is C13H16N2O. The van der Waals surface area contributed by atoms with E-state index in [0.717, 1.165) is 0 Å². The molecule has 0 radical (unpaired) electrons. The van der Waals surface area contributed by atoms with Crippen molar-refractivity contribution < 1.29 is 4.79 Å². The fraction of sp³-hybridized carbons (Fsp3) is 0.385. The van der Waals surface area contributed by atoms with Crippen molar-refractivity contribution in [2.75, 3.05) is 5.32 Å². The van der Waals surface area contributed by atoms with Gasteiger partial charge in [-0.1, -0.05) is 26.8 Å². The van der Waals surface area contributed by atoms with Crippen molar-refractivity contribution >= 4 is 11.6 Å². The first kappa shape index (κ1) is 12.3. The van der Waals surface area contributed by atoms with Crippen LogP contribution in [0.25, 0.3) is 0 Å². The first-order valence-electron chi connectivity index (χ1n) is 5.21. The molecule has 1 N–H and O–H groups in total. The SMILES string of the molecule is CC(C)(C)CC(=O)Nc1cccc(C#N)c1. The molecule has 1 aromatic rings. The van der Waals surface area contributed by atoms with E-state index in [1.165, 1.54) is 0 Å². The molecule has 0 aliphatic carbocycles. The number of carbonyl (C=O) groups is 1. The number of carbonyl (C=O) groups excluding carboxylic acids is 1. The third-order valence-corrected chi connectivity index (χ3v) is 1.97. The van der Waals surface area contributed by atoms with Gasteiger partial charge in [0.25, 0.3) is 0 Å². The lowest BCUT2D eigenvalue weighted by atomic mass is 9.92. The summed E-state index contributed by atoms with van der Waals surface area (Å²) in [6.45, 7) is 6.04. The maximum absolute atomic E-state index is 11.6. The van der Waals surface area contributed by atoms with Crippen LogP contribution in [0.3, 0.4) is 0 Å². The van der Waals surface area contributed by atoms with Gasteiger partial charge in [-0.3, -0.25) is 4.79 Å². The standard InChI is InChI=1S/C13H16N2O/c1-13(2,3)8-12(16)15-11-6-4-5-10(7-11)9-14/h4-7H,8H2,1-3H3,(H,15,16). The molecule has 0 bridgehead atoms. The summed E-state index contributed by atoms with van der Waals surface area (Å²) in [5, 5.41) is 11.5. The summed E-state index contributed by atoms with van der Waals surface area (Å²) in [6.07, 6.45) is 0.462. The van der Waals surface area contributed by atoms with Crippen molar-refractivity contribution in [2.45, 2.75) is 27.2 Å². The predicted molar refractivity (Wildman–Crippen MR) is 63.9 cm³/mol. The first-order valence-corrected chi connectivity index (χ1v) is 5.21. The molecule has 1 rings (SSSR count). The molecule has 16 heavy (non-hydrogen) atoms. The van der Waals surface area contributed by atoms with Gasteiger partial charge in [-0.25, -0.2) is 0 Å². The lowest BCUT2D eigenvalue weighted by Crippen LogP contribution is -2.19. The van der Waals surface area contributed by atoms with Crippen LogP contribution in [-0.2, 0) is 4.79 Å². The van der Waals surface area contributed by atoms with E-state index in [0.29, 0.717) is 17.7 Å². The van der Waals surface area contributed by atoms with E-state index in [1.807, 2.05) is 26.8 Å². The third-order valence-electron chi connectivity index (χ3n) is 1.97. The van der Waals surface area contributed by atoms with Gasteiger partial charge < -0.3 is 5.32 Å². The molecule has 1 aromatic carbocycles. The Bertz CT molecular complexity index is 424. The molecule has 0 aromatic heterocycles. The van der Waals surface area contributed by atoms with E-state index < -0.39 is 0 Å². The Morgan fingerprint density at radius 1 is 1.44 bits per heavy atom. The number of nitrogens with zero attached hydrogens (tertiary/aromatic N) is 1. The average molecular weight is 216 g/mol. The highest BCUT2D eigenvalue weighted by Crippen LogP contribution is 2.19. The Morgan fingerprint density at radius 2 is 2.12 bits per heavy atom. The van der Waals surface area contributed by atoms with Crippen molar-refractivity contribution in [1.82, 2.24) is 0 Å². The number of hydrogen-bond acceptors (Lipinski definition) is 2. The average Bonchev–Trinajstić information content (AvgIpc) is 2.15. The topological polar surface area (TPSA) is 52.9 Å². The minimum atomic E-state index is -0.0308. The van der Waals surface area contributed by atoms with Crippen molar-refractivity contribution in [1.29, 1.82) is 5.26 Å². The molecule has 3 nitrogen and oxygen atoms in total. The predicted octanol–water partition coefficient (Wildman–Crippen LogP) is 2.93. The molecule has 0 aliphatic rings. The molecular weight excluding hydrogens is 200 g/mol. The highest BCUT2D eigenvalue weighted by Gasteiger charge is 2.15. The van der Waals surface area contributed by atoms with E-state index >= 15 is 0 Å². The van der Waals surface area contributed by atoms with Crippen LogP contribution < -0.4 is 5.32 Å². The maximum atomic E-state index is 11.6. The van der Waals surface area contributed by atoms with Crippen LogP contribution in [0, 0.1) is 16.7 Å². The monoisotopic (exact) mass is 216 g/mol. The smallest absolute Gasteiger partial charge is 0.224 e. The summed E-state index contributed by atoms with van der Waals surface area (Å²) in [5.41, 5.74) is 1.19. The Hall–Kier alpha value is -1.82. The zero-order valence-corrected chi connectivity index (χ0v) is 9.87. The number of hydrogen-bond donors (Lipinski definition) is 1. The molecule has 3 heteroatoms. The molecule has 1 amide bonds. The van der Waals surface area contributed by atoms with Gasteiger partial charge in [-0.2, -0.15) is 5.26 Å². The van der Waals surface area contributed by atoms with Crippen LogP contribution in [0.4, 0.5) is 5.69 Å². The first-order chi connectivity index (χ1) is 7.40. The zero-order chi connectivity index (χ0) is 12.2. The van der Waals surface area contributed by atoms with Crippen molar-refractivity contribution in [3.63, 3.8) is 0 Å². The number of nitrogens with one attached hydrogen (secondary N) is 1. The molecule has 0 spiro atoms. The lowest BCUT2D eigenvalue weighted by molar-refractivity contribution is -0.117. The second-order valence-corrected chi connectivity index (χ2v) is 4.98. The molecule has 0 saturated carbocycles. The normalized spacial score (nSPS) is 10.6. The molecule has 84 valence electrons. The third kappa shape index (κ3) is 4.14. The van der Waals surface area contributed by atoms with Crippen LogP contribution in [0.15, 0.2) is 24.3 Å². The fourth-order valence-corrected chi connectivity index (χ4v) is 1.35. The Balaban J connectivity index is 2.67. The molecule has 0 saturated heterocycles. The van der Waals surface area contributed by atoms with Crippen LogP contribution in [0.1, 0.15) is 32.8 Å². The zero-order valence-electron chi connectivity index (χ0n) is 9.87. The van der Waals surface area contributed by atoms with E-state index in [4.69, 9.17) is 5.26 Å². The molecule has 0 aliphatic heterocycles. The second-order valence-electron chi connectivity index (χ2n) is 4.98. The quantitative estimate of drug-likeness (QED) is 0.826. The van der Waals surface area contributed by atoms with Crippen LogP contribution in [0.2, 0.25) is 0 Å². The van der Waals surface area contributed by atoms with Crippen LogP contribution in [-0.4, -0.2) is 5.91 Å². The minimum Gasteiger partial charge on any atom is -0.326 e. The van der Waals surface area contributed by atoms with Crippen LogP contribution >= 0.6 is 0 Å². The van der Waals surface area contributed by atoms with E-state index in [-0.39, 0.29) is 11.3 Å². The van der Waals surface area contributed by atoms with Gasteiger partial charge in [0.05, 0.1) is 11.6 Å². The molecule has 0 unspecified atom stereocenters. The number of anilines is 1. The Kier molecular flexibility index (Phi) is 3.68. The Labute approximate surface area is 96.1 Å². The van der Waals surface area contributed by atoms with Crippen molar-refractivity contribution in [3.8, 4) is 6.07 Å². The molecule has 0 atom stereocenters. The Morgan fingerprint density at radius 3 is 2.69 bits per heavy atom. The number of rotatable bonds is 2. The summed E-state index contributed by atoms with van der Waals surface area (Å²) in [6, 6.07) is 8.95. The highest BCUT2D eigenvalue weighted by molar-refractivity contribution is 5.91. The van der Waals surface area contributed by atoms with Crippen LogP contribution in [0.5, 0.6) is 0 Å².